The first-order chi connectivity index (χ1) is 21.9. The summed E-state index contributed by atoms with van der Waals surface area (Å²) in [7, 11) is 0. The zero-order valence-electron chi connectivity index (χ0n) is 26.4. The van der Waals surface area contributed by atoms with Gasteiger partial charge in [-0.15, -0.1) is 59.2 Å². The second-order valence-electron chi connectivity index (χ2n) is 11.1. The van der Waals surface area contributed by atoms with E-state index >= 15 is 0 Å². The molecule has 0 fully saturated rings. The number of benzene rings is 4. The van der Waals surface area contributed by atoms with Crippen molar-refractivity contribution >= 4 is 45.3 Å². The average molecular weight is 820 g/mol. The van der Waals surface area contributed by atoms with Gasteiger partial charge in [-0.3, -0.25) is 4.68 Å². The minimum atomic E-state index is 0. The molecular weight excluding hydrogens is 788 g/mol. The second-order valence-corrected chi connectivity index (χ2v) is 12.7. The molecule has 0 saturated carbocycles. The number of thioether (sulfide) groups is 2. The van der Waals surface area contributed by atoms with E-state index in [9.17, 15) is 0 Å². The van der Waals surface area contributed by atoms with E-state index < -0.39 is 0 Å². The zero-order valence-corrected chi connectivity index (χ0v) is 30.3. The van der Waals surface area contributed by atoms with Crippen LogP contribution in [0.5, 0.6) is 11.5 Å². The summed E-state index contributed by atoms with van der Waals surface area (Å²) in [5.41, 5.74) is 10.2. The van der Waals surface area contributed by atoms with Crippen molar-refractivity contribution in [2.24, 2.45) is 0 Å². The van der Waals surface area contributed by atoms with Crippen molar-refractivity contribution in [2.45, 2.75) is 37.7 Å². The summed E-state index contributed by atoms with van der Waals surface area (Å²) in [6.07, 6.45) is 6.04. The first-order valence-electron chi connectivity index (χ1n) is 14.7. The van der Waals surface area contributed by atoms with Gasteiger partial charge in [0.05, 0.1) is 0 Å². The summed E-state index contributed by atoms with van der Waals surface area (Å²) in [4.78, 5) is 4.69. The van der Waals surface area contributed by atoms with Crippen molar-refractivity contribution in [3.05, 3.63) is 119 Å². The largest absolute Gasteiger partial charge is 2.00 e. The van der Waals surface area contributed by atoms with Gasteiger partial charge in [0.1, 0.15) is 15.9 Å². The van der Waals surface area contributed by atoms with E-state index in [1.54, 1.807) is 23.5 Å². The SMILES string of the molecule is CSc1nn(-c2[c-]c(Oc3[c-]c4c(cc3)c3ccccc3n4-c3cc(C)ccn3)ccc2)c(SC)c1-c1c(C)ccc(C)c1C.[Pt+2]. The molecule has 0 amide bonds. The smallest absolute Gasteiger partial charge is 0.509 e. The van der Waals surface area contributed by atoms with Gasteiger partial charge in [-0.25, -0.2) is 4.98 Å². The van der Waals surface area contributed by atoms with Gasteiger partial charge in [-0.05, 0) is 97.3 Å². The van der Waals surface area contributed by atoms with Crippen molar-refractivity contribution in [3.8, 4) is 34.1 Å². The summed E-state index contributed by atoms with van der Waals surface area (Å²) < 4.78 is 10.6. The maximum atomic E-state index is 6.44. The number of para-hydroxylation sites is 1. The summed E-state index contributed by atoms with van der Waals surface area (Å²) in [6, 6.07) is 33.9. The molecule has 232 valence electrons. The van der Waals surface area contributed by atoms with E-state index in [1.807, 2.05) is 41.2 Å². The van der Waals surface area contributed by atoms with Gasteiger partial charge >= 0.3 is 21.1 Å². The minimum absolute atomic E-state index is 0. The van der Waals surface area contributed by atoms with Gasteiger partial charge in [0.15, 0.2) is 0 Å². The molecule has 3 aromatic heterocycles. The molecule has 46 heavy (non-hydrogen) atoms. The molecule has 0 aliphatic carbocycles. The van der Waals surface area contributed by atoms with Crippen LogP contribution in [-0.2, 0) is 21.1 Å². The van der Waals surface area contributed by atoms with Crippen LogP contribution in [0, 0.1) is 39.8 Å². The van der Waals surface area contributed by atoms with Crippen LogP contribution in [0.1, 0.15) is 22.3 Å². The summed E-state index contributed by atoms with van der Waals surface area (Å²) in [6.45, 7) is 8.62. The number of ether oxygens (including phenoxy) is 1. The van der Waals surface area contributed by atoms with Crippen molar-refractivity contribution in [2.75, 3.05) is 12.5 Å². The molecule has 3 heterocycles. The normalized spacial score (nSPS) is 11.3. The van der Waals surface area contributed by atoms with Gasteiger partial charge in [-0.1, -0.05) is 35.8 Å². The molecule has 7 aromatic rings. The Morgan fingerprint density at radius 3 is 2.30 bits per heavy atom. The third-order valence-electron chi connectivity index (χ3n) is 8.28. The van der Waals surface area contributed by atoms with E-state index in [0.717, 1.165) is 48.9 Å². The fraction of sp³-hybridized carbons (Fsp3) is 0.158. The van der Waals surface area contributed by atoms with Crippen LogP contribution in [0.3, 0.4) is 0 Å². The maximum absolute atomic E-state index is 6.44. The minimum Gasteiger partial charge on any atom is -0.509 e. The van der Waals surface area contributed by atoms with Crippen LogP contribution in [0.2, 0.25) is 0 Å². The molecule has 0 atom stereocenters. The average Bonchev–Trinajstić information content (AvgIpc) is 3.58. The zero-order chi connectivity index (χ0) is 31.2. The molecule has 0 radical (unpaired) electrons. The second kappa shape index (κ2) is 13.2. The fourth-order valence-electron chi connectivity index (χ4n) is 5.98. The first-order valence-corrected chi connectivity index (χ1v) is 17.2. The molecule has 0 saturated heterocycles. The number of fused-ring (bicyclic) bond motifs is 3. The van der Waals surface area contributed by atoms with E-state index in [0.29, 0.717) is 11.5 Å². The maximum Gasteiger partial charge on any atom is 2.00 e. The predicted octanol–water partition coefficient (Wildman–Crippen LogP) is 10.1. The summed E-state index contributed by atoms with van der Waals surface area (Å²) in [5, 5.41) is 9.39. The summed E-state index contributed by atoms with van der Waals surface area (Å²) in [5.74, 6) is 2.05. The summed E-state index contributed by atoms with van der Waals surface area (Å²) >= 11 is 3.36. The number of hydrogen-bond donors (Lipinski definition) is 0. The monoisotopic (exact) mass is 819 g/mol. The first kappa shape index (κ1) is 32.2. The molecule has 4 aromatic carbocycles. The van der Waals surface area contributed by atoms with Crippen LogP contribution in [0.25, 0.3) is 44.4 Å². The van der Waals surface area contributed by atoms with E-state index in [1.165, 1.54) is 27.8 Å². The van der Waals surface area contributed by atoms with Gasteiger partial charge in [-0.2, -0.15) is 17.2 Å². The quantitative estimate of drug-likeness (QED) is 0.118. The molecule has 8 heteroatoms. The van der Waals surface area contributed by atoms with Crippen molar-refractivity contribution in [1.82, 2.24) is 19.3 Å². The molecule has 0 aliphatic rings. The molecule has 0 aliphatic heterocycles. The predicted molar refractivity (Wildman–Crippen MR) is 188 cm³/mol. The Kier molecular flexibility index (Phi) is 9.20. The van der Waals surface area contributed by atoms with Crippen LogP contribution >= 0.6 is 23.5 Å². The number of aromatic nitrogens is 4. The van der Waals surface area contributed by atoms with Crippen LogP contribution in [0.4, 0.5) is 0 Å². The van der Waals surface area contributed by atoms with Gasteiger partial charge in [0, 0.05) is 28.8 Å². The molecule has 0 spiro atoms. The number of hydrogen-bond acceptors (Lipinski definition) is 5. The molecule has 5 nitrogen and oxygen atoms in total. The van der Waals surface area contributed by atoms with Crippen LogP contribution in [0.15, 0.2) is 95.1 Å². The van der Waals surface area contributed by atoms with Crippen LogP contribution < -0.4 is 4.74 Å². The Balaban J connectivity index is 0.00000372. The molecule has 0 unspecified atom stereocenters. The fourth-order valence-corrected chi connectivity index (χ4v) is 7.33. The third kappa shape index (κ3) is 5.59. The van der Waals surface area contributed by atoms with E-state index in [4.69, 9.17) is 14.8 Å². The van der Waals surface area contributed by atoms with Crippen LogP contribution in [-0.4, -0.2) is 31.8 Å². The number of aryl methyl sites for hydroxylation is 3. The van der Waals surface area contributed by atoms with E-state index in [2.05, 4.69) is 105 Å². The van der Waals surface area contributed by atoms with Crippen molar-refractivity contribution in [1.29, 1.82) is 0 Å². The number of rotatable bonds is 7. The Hall–Kier alpha value is -3.77. The van der Waals surface area contributed by atoms with Gasteiger partial charge in [0.25, 0.3) is 0 Å². The van der Waals surface area contributed by atoms with Crippen molar-refractivity contribution in [3.63, 3.8) is 0 Å². The Labute approximate surface area is 292 Å². The number of pyridine rings is 1. The molecular formula is C38H32N4OPtS2. The van der Waals surface area contributed by atoms with Crippen molar-refractivity contribution < 1.29 is 25.8 Å². The Morgan fingerprint density at radius 1 is 0.739 bits per heavy atom. The topological polar surface area (TPSA) is 44.9 Å². The van der Waals surface area contributed by atoms with E-state index in [-0.39, 0.29) is 21.1 Å². The molecule has 7 rings (SSSR count). The van der Waals surface area contributed by atoms with Gasteiger partial charge < -0.3 is 9.30 Å². The Morgan fingerprint density at radius 2 is 1.52 bits per heavy atom. The third-order valence-corrected chi connectivity index (χ3v) is 9.72. The standard InChI is InChI=1S/C38H32N4OS2.Pt/c1-23-18-19-39-34(20-23)41-32-13-8-7-12-30(32)31-17-16-29(22-33(31)41)43-28-11-9-10-27(21-28)42-38(45-6)36(37(40-42)44-5)35-25(3)15-14-24(2)26(35)4;/h7-20H,1-6H3;/q-2;+2. The number of nitrogens with zero attached hydrogens (tertiary/aromatic N) is 4. The van der Waals surface area contributed by atoms with Gasteiger partial charge in [0.2, 0.25) is 0 Å². The Bertz CT molecular complexity index is 2240. The molecule has 0 N–H and O–H groups in total. The molecule has 0 bridgehead atoms.